The molecule has 7 N–H and O–H groups in total. The molecule has 3 rings (SSSR count). The van der Waals surface area contributed by atoms with Gasteiger partial charge in [-0.1, -0.05) is 37.3 Å². The van der Waals surface area contributed by atoms with Crippen molar-refractivity contribution in [3.05, 3.63) is 81.9 Å². The van der Waals surface area contributed by atoms with E-state index in [1.807, 2.05) is 6.92 Å². The van der Waals surface area contributed by atoms with Crippen LogP contribution in [0.25, 0.3) is 0 Å². The Hall–Kier alpha value is -4.38. The van der Waals surface area contributed by atoms with E-state index in [4.69, 9.17) is 21.6 Å². The average Bonchev–Trinajstić information content (AvgIpc) is 2.83. The molecule has 2 aromatic carbocycles. The molecule has 0 aliphatic heterocycles. The van der Waals surface area contributed by atoms with Crippen LogP contribution in [0.4, 0.5) is 15.8 Å². The molecule has 0 radical (unpaired) electrons. The molecule has 0 saturated heterocycles. The van der Waals surface area contributed by atoms with Gasteiger partial charge in [-0.25, -0.2) is 9.40 Å². The third-order valence-electron chi connectivity index (χ3n) is 5.13. The third kappa shape index (κ3) is 6.58. The van der Waals surface area contributed by atoms with Gasteiger partial charge in [-0.15, -0.1) is 0 Å². The van der Waals surface area contributed by atoms with E-state index in [9.17, 15) is 14.0 Å². The monoisotopic (exact) mass is 481 g/mol. The molecule has 0 bridgehead atoms. The van der Waals surface area contributed by atoms with E-state index in [-0.39, 0.29) is 29.7 Å². The second kappa shape index (κ2) is 11.2. The number of pyridine rings is 1. The molecule has 0 saturated carbocycles. The Morgan fingerprint density at radius 2 is 1.91 bits per heavy atom. The number of nitrogens with zero attached hydrogens (tertiary/aromatic N) is 2. The zero-order valence-corrected chi connectivity index (χ0v) is 19.5. The summed E-state index contributed by atoms with van der Waals surface area (Å²) >= 11 is 0. The zero-order chi connectivity index (χ0) is 25.5. The topological polar surface area (TPSA) is 151 Å². The van der Waals surface area contributed by atoms with Crippen LogP contribution < -0.4 is 32.5 Å². The molecule has 0 unspecified atom stereocenters. The molecular weight excluding hydrogens is 453 g/mol. The Morgan fingerprint density at radius 3 is 2.54 bits per heavy atom. The normalized spacial score (nSPS) is 10.7. The summed E-state index contributed by atoms with van der Waals surface area (Å²) in [7, 11) is 1.66. The van der Waals surface area contributed by atoms with Crippen molar-refractivity contribution < 1.29 is 13.9 Å². The van der Waals surface area contributed by atoms with Crippen LogP contribution in [0, 0.1) is 11.2 Å². The van der Waals surface area contributed by atoms with Crippen molar-refractivity contribution in [2.24, 2.45) is 5.73 Å². The summed E-state index contributed by atoms with van der Waals surface area (Å²) in [4.78, 5) is 25.9. The Bertz CT molecular complexity index is 1280. The Labute approximate surface area is 201 Å². The average molecular weight is 482 g/mol. The number of halogens is 1. The number of nitrogens with one attached hydrogen (secondary N) is 3. The molecule has 1 amide bonds. The number of nitrogens with two attached hydrogens (primary N) is 2. The fourth-order valence-electron chi connectivity index (χ4n) is 3.10. The van der Waals surface area contributed by atoms with Crippen LogP contribution in [0.1, 0.15) is 18.1 Å². The lowest BCUT2D eigenvalue weighted by Gasteiger charge is -2.20. The molecule has 35 heavy (non-hydrogen) atoms. The van der Waals surface area contributed by atoms with Gasteiger partial charge in [-0.05, 0) is 17.7 Å². The van der Waals surface area contributed by atoms with E-state index >= 15 is 0 Å². The van der Waals surface area contributed by atoms with Crippen LogP contribution in [0.3, 0.4) is 0 Å². The van der Waals surface area contributed by atoms with Crippen molar-refractivity contribution in [2.75, 3.05) is 24.8 Å². The SMILES string of the molecule is CCN(C)Nc1c(F)cc(Oc2cccc(N)c2)n(CC(=O)NCc2ccc(C(=N)N)cc2)c1=O. The van der Waals surface area contributed by atoms with Crippen molar-refractivity contribution in [3.8, 4) is 11.6 Å². The van der Waals surface area contributed by atoms with Gasteiger partial charge in [-0.2, -0.15) is 0 Å². The standard InChI is InChI=1S/C24H28FN7O3/c1-3-31(2)30-22-19(25)12-21(35-18-6-4-5-17(26)11-18)32(24(22)34)14-20(33)29-13-15-7-9-16(10-8-15)23(27)28/h4-12,30H,3,13-14,26H2,1-2H3,(H3,27,28)(H,29,33). The van der Waals surface area contributed by atoms with Crippen LogP contribution in [-0.2, 0) is 17.9 Å². The predicted octanol–water partition coefficient (Wildman–Crippen LogP) is 2.24. The summed E-state index contributed by atoms with van der Waals surface area (Å²) in [5, 5.41) is 11.7. The van der Waals surface area contributed by atoms with Crippen molar-refractivity contribution in [3.63, 3.8) is 0 Å². The number of anilines is 2. The number of nitrogen functional groups attached to an aromatic ring is 2. The van der Waals surface area contributed by atoms with Crippen molar-refractivity contribution in [1.82, 2.24) is 14.9 Å². The summed E-state index contributed by atoms with van der Waals surface area (Å²) < 4.78 is 21.6. The third-order valence-corrected chi connectivity index (χ3v) is 5.13. The van der Waals surface area contributed by atoms with Gasteiger partial charge in [0.1, 0.15) is 18.1 Å². The van der Waals surface area contributed by atoms with E-state index in [0.717, 1.165) is 16.2 Å². The van der Waals surface area contributed by atoms with Crippen LogP contribution in [-0.4, -0.2) is 34.9 Å². The van der Waals surface area contributed by atoms with Gasteiger partial charge in [0.2, 0.25) is 11.8 Å². The van der Waals surface area contributed by atoms with Crippen LogP contribution in [0.2, 0.25) is 0 Å². The van der Waals surface area contributed by atoms with E-state index in [2.05, 4.69) is 10.7 Å². The minimum atomic E-state index is -0.823. The lowest BCUT2D eigenvalue weighted by atomic mass is 10.1. The van der Waals surface area contributed by atoms with Gasteiger partial charge in [-0.3, -0.25) is 19.6 Å². The molecule has 1 aromatic heterocycles. The number of hydrogen-bond acceptors (Lipinski definition) is 7. The second-order valence-electron chi connectivity index (χ2n) is 7.78. The highest BCUT2D eigenvalue weighted by atomic mass is 19.1. The minimum Gasteiger partial charge on any atom is -0.441 e. The van der Waals surface area contributed by atoms with Gasteiger partial charge in [0, 0.05) is 43.5 Å². The lowest BCUT2D eigenvalue weighted by Crippen LogP contribution is -2.36. The highest BCUT2D eigenvalue weighted by Gasteiger charge is 2.19. The van der Waals surface area contributed by atoms with Gasteiger partial charge < -0.3 is 26.9 Å². The first-order valence-electron chi connectivity index (χ1n) is 10.8. The molecule has 0 atom stereocenters. The van der Waals surface area contributed by atoms with Crippen molar-refractivity contribution >= 4 is 23.1 Å². The summed E-state index contributed by atoms with van der Waals surface area (Å²) in [6.07, 6.45) is 0. The number of ether oxygens (including phenoxy) is 1. The maximum absolute atomic E-state index is 14.8. The fraction of sp³-hybridized carbons (Fsp3) is 0.208. The molecule has 184 valence electrons. The smallest absolute Gasteiger partial charge is 0.281 e. The largest absolute Gasteiger partial charge is 0.441 e. The first-order chi connectivity index (χ1) is 16.7. The number of rotatable bonds is 10. The summed E-state index contributed by atoms with van der Waals surface area (Å²) in [6.45, 7) is 2.11. The number of aromatic nitrogens is 1. The molecule has 0 spiro atoms. The molecule has 3 aromatic rings. The number of carbonyl (C=O) groups excluding carboxylic acids is 1. The lowest BCUT2D eigenvalue weighted by molar-refractivity contribution is -0.121. The van der Waals surface area contributed by atoms with E-state index in [1.54, 1.807) is 49.5 Å². The number of hydrazine groups is 1. The maximum Gasteiger partial charge on any atom is 0.281 e. The van der Waals surface area contributed by atoms with E-state index in [1.165, 1.54) is 11.1 Å². The van der Waals surface area contributed by atoms with Crippen molar-refractivity contribution in [2.45, 2.75) is 20.0 Å². The van der Waals surface area contributed by atoms with Crippen molar-refractivity contribution in [1.29, 1.82) is 5.41 Å². The molecule has 11 heteroatoms. The molecule has 0 aliphatic carbocycles. The summed E-state index contributed by atoms with van der Waals surface area (Å²) in [6, 6.07) is 14.3. The summed E-state index contributed by atoms with van der Waals surface area (Å²) in [5.74, 6) is -1.22. The number of carbonyl (C=O) groups is 1. The molecule has 10 nitrogen and oxygen atoms in total. The number of amides is 1. The Balaban J connectivity index is 1.86. The van der Waals surface area contributed by atoms with Crippen LogP contribution in [0.5, 0.6) is 11.6 Å². The van der Waals surface area contributed by atoms with Crippen LogP contribution in [0.15, 0.2) is 59.4 Å². The quantitative estimate of drug-likeness (QED) is 0.129. The molecule has 1 heterocycles. The predicted molar refractivity (Wildman–Crippen MR) is 133 cm³/mol. The number of benzene rings is 2. The van der Waals surface area contributed by atoms with Gasteiger partial charge in [0.25, 0.3) is 5.56 Å². The molecule has 0 fully saturated rings. The van der Waals surface area contributed by atoms with E-state index < -0.39 is 23.8 Å². The molecular formula is C24H28FN7O3. The van der Waals surface area contributed by atoms with Crippen LogP contribution >= 0.6 is 0 Å². The highest BCUT2D eigenvalue weighted by Crippen LogP contribution is 2.25. The van der Waals surface area contributed by atoms with E-state index in [0.29, 0.717) is 17.8 Å². The number of hydrogen-bond donors (Lipinski definition) is 5. The minimum absolute atomic E-state index is 0.0536. The molecule has 0 aliphatic rings. The fourth-order valence-corrected chi connectivity index (χ4v) is 3.10. The van der Waals surface area contributed by atoms with Gasteiger partial charge in [0.05, 0.1) is 0 Å². The zero-order valence-electron chi connectivity index (χ0n) is 19.5. The summed E-state index contributed by atoms with van der Waals surface area (Å²) in [5.41, 5.74) is 14.6. The van der Waals surface area contributed by atoms with Gasteiger partial charge >= 0.3 is 0 Å². The Kier molecular flexibility index (Phi) is 8.05. The first kappa shape index (κ1) is 25.2. The number of amidine groups is 1. The maximum atomic E-state index is 14.8. The highest BCUT2D eigenvalue weighted by molar-refractivity contribution is 5.94. The second-order valence-corrected chi connectivity index (χ2v) is 7.78. The Morgan fingerprint density at radius 1 is 1.20 bits per heavy atom. The first-order valence-corrected chi connectivity index (χ1v) is 10.8. The van der Waals surface area contributed by atoms with Gasteiger partial charge in [0.15, 0.2) is 11.5 Å².